The standard InChI is InChI=1S/C21H12F2N2O2/c22-15-5-1-3-12(9-15)19-20(13-4-2-6-16(23)10-13)25-18-11-14(21(26)27)7-8-17(18)24-19/h1-11H,(H,26,27). The minimum absolute atomic E-state index is 0.0699. The largest absolute Gasteiger partial charge is 0.478 e. The van der Waals surface area contributed by atoms with Crippen LogP contribution in [0.4, 0.5) is 8.78 Å². The van der Waals surface area contributed by atoms with E-state index in [-0.39, 0.29) is 5.56 Å². The highest BCUT2D eigenvalue weighted by Crippen LogP contribution is 2.31. The summed E-state index contributed by atoms with van der Waals surface area (Å²) in [7, 11) is 0. The van der Waals surface area contributed by atoms with Crippen LogP contribution in [0.5, 0.6) is 0 Å². The van der Waals surface area contributed by atoms with E-state index >= 15 is 0 Å². The van der Waals surface area contributed by atoms with Gasteiger partial charge in [0.15, 0.2) is 0 Å². The Bertz CT molecular complexity index is 1190. The first-order chi connectivity index (χ1) is 13.0. The molecule has 132 valence electrons. The quantitative estimate of drug-likeness (QED) is 0.561. The number of rotatable bonds is 3. The van der Waals surface area contributed by atoms with E-state index in [0.29, 0.717) is 33.5 Å². The van der Waals surface area contributed by atoms with Crippen LogP contribution in [0.2, 0.25) is 0 Å². The van der Waals surface area contributed by atoms with Gasteiger partial charge in [0.2, 0.25) is 0 Å². The van der Waals surface area contributed by atoms with Gasteiger partial charge in [-0.25, -0.2) is 23.5 Å². The number of benzene rings is 3. The van der Waals surface area contributed by atoms with E-state index in [1.807, 2.05) is 0 Å². The highest BCUT2D eigenvalue weighted by molar-refractivity contribution is 5.94. The van der Waals surface area contributed by atoms with Gasteiger partial charge in [0, 0.05) is 11.1 Å². The summed E-state index contributed by atoms with van der Waals surface area (Å²) in [5.74, 6) is -1.96. The SMILES string of the molecule is O=C(O)c1ccc2nc(-c3cccc(F)c3)c(-c3cccc(F)c3)nc2c1. The first-order valence-electron chi connectivity index (χ1n) is 8.08. The molecule has 27 heavy (non-hydrogen) atoms. The van der Waals surface area contributed by atoms with Gasteiger partial charge in [-0.1, -0.05) is 24.3 Å². The fraction of sp³-hybridized carbons (Fsp3) is 0. The maximum atomic E-state index is 13.7. The Morgan fingerprint density at radius 3 is 1.81 bits per heavy atom. The van der Waals surface area contributed by atoms with Crippen molar-refractivity contribution in [3.63, 3.8) is 0 Å². The Hall–Kier alpha value is -3.67. The molecule has 4 nitrogen and oxygen atoms in total. The summed E-state index contributed by atoms with van der Waals surface area (Å²) in [5.41, 5.74) is 2.57. The maximum Gasteiger partial charge on any atom is 0.335 e. The van der Waals surface area contributed by atoms with E-state index < -0.39 is 17.6 Å². The minimum Gasteiger partial charge on any atom is -0.478 e. The van der Waals surface area contributed by atoms with Crippen LogP contribution in [-0.2, 0) is 0 Å². The summed E-state index contributed by atoms with van der Waals surface area (Å²) in [4.78, 5) is 20.3. The Morgan fingerprint density at radius 1 is 0.741 bits per heavy atom. The lowest BCUT2D eigenvalue weighted by Gasteiger charge is -2.11. The number of hydrogen-bond donors (Lipinski definition) is 1. The number of carboxylic acid groups (broad SMARTS) is 1. The van der Waals surface area contributed by atoms with Crippen molar-refractivity contribution in [2.75, 3.05) is 0 Å². The van der Waals surface area contributed by atoms with Crippen molar-refractivity contribution in [1.29, 1.82) is 0 Å². The molecule has 3 aromatic carbocycles. The molecule has 0 unspecified atom stereocenters. The van der Waals surface area contributed by atoms with E-state index in [9.17, 15) is 18.7 Å². The van der Waals surface area contributed by atoms with Gasteiger partial charge in [-0.3, -0.25) is 0 Å². The zero-order chi connectivity index (χ0) is 19.0. The minimum atomic E-state index is -1.08. The van der Waals surface area contributed by atoms with Gasteiger partial charge in [-0.05, 0) is 42.5 Å². The third-order valence-corrected chi connectivity index (χ3v) is 4.11. The summed E-state index contributed by atoms with van der Waals surface area (Å²) < 4.78 is 27.5. The van der Waals surface area contributed by atoms with E-state index in [4.69, 9.17) is 0 Å². The molecule has 4 aromatic rings. The number of carboxylic acids is 1. The molecular weight excluding hydrogens is 350 g/mol. The van der Waals surface area contributed by atoms with Crippen molar-refractivity contribution in [2.45, 2.75) is 0 Å². The average Bonchev–Trinajstić information content (AvgIpc) is 2.66. The number of nitrogens with zero attached hydrogens (tertiary/aromatic N) is 2. The zero-order valence-electron chi connectivity index (χ0n) is 13.9. The molecule has 0 aliphatic carbocycles. The number of carbonyl (C=O) groups is 1. The molecule has 4 rings (SSSR count). The van der Waals surface area contributed by atoms with Crippen molar-refractivity contribution in [3.05, 3.63) is 83.9 Å². The Kier molecular flexibility index (Phi) is 4.08. The molecule has 0 aliphatic heterocycles. The number of hydrogen-bond acceptors (Lipinski definition) is 3. The molecule has 1 N–H and O–H groups in total. The van der Waals surface area contributed by atoms with E-state index in [1.165, 1.54) is 36.4 Å². The van der Waals surface area contributed by atoms with Gasteiger partial charge in [0.05, 0.1) is 28.0 Å². The van der Waals surface area contributed by atoms with Crippen molar-refractivity contribution in [3.8, 4) is 22.5 Å². The monoisotopic (exact) mass is 362 g/mol. The van der Waals surface area contributed by atoms with Gasteiger partial charge in [0.1, 0.15) is 11.6 Å². The lowest BCUT2D eigenvalue weighted by atomic mass is 10.0. The van der Waals surface area contributed by atoms with Crippen LogP contribution in [0.15, 0.2) is 66.7 Å². The first kappa shape index (κ1) is 16.8. The first-order valence-corrected chi connectivity index (χ1v) is 8.08. The van der Waals surface area contributed by atoms with E-state index in [2.05, 4.69) is 9.97 Å². The Morgan fingerprint density at radius 2 is 1.30 bits per heavy atom. The van der Waals surface area contributed by atoms with Crippen LogP contribution < -0.4 is 0 Å². The van der Waals surface area contributed by atoms with Crippen LogP contribution >= 0.6 is 0 Å². The van der Waals surface area contributed by atoms with Gasteiger partial charge in [-0.15, -0.1) is 0 Å². The Balaban J connectivity index is 2.03. The van der Waals surface area contributed by atoms with Gasteiger partial charge >= 0.3 is 5.97 Å². The van der Waals surface area contributed by atoms with Crippen molar-refractivity contribution in [1.82, 2.24) is 9.97 Å². The molecule has 0 amide bonds. The van der Waals surface area contributed by atoms with Crippen molar-refractivity contribution in [2.24, 2.45) is 0 Å². The maximum absolute atomic E-state index is 13.7. The molecule has 0 radical (unpaired) electrons. The molecule has 0 atom stereocenters. The highest BCUT2D eigenvalue weighted by Gasteiger charge is 2.15. The molecule has 0 fully saturated rings. The third kappa shape index (κ3) is 3.25. The molecule has 0 bridgehead atoms. The number of halogens is 2. The molecular formula is C21H12F2N2O2. The fourth-order valence-electron chi connectivity index (χ4n) is 2.86. The normalized spacial score (nSPS) is 10.9. The van der Waals surface area contributed by atoms with Crippen LogP contribution in [0.25, 0.3) is 33.5 Å². The van der Waals surface area contributed by atoms with Crippen LogP contribution in [0.1, 0.15) is 10.4 Å². The predicted octanol–water partition coefficient (Wildman–Crippen LogP) is 4.94. The van der Waals surface area contributed by atoms with Crippen molar-refractivity contribution < 1.29 is 18.7 Å². The average molecular weight is 362 g/mol. The van der Waals surface area contributed by atoms with Crippen molar-refractivity contribution >= 4 is 17.0 Å². The molecule has 1 aromatic heterocycles. The summed E-state index contributed by atoms with van der Waals surface area (Å²) in [6.45, 7) is 0. The number of aromatic carboxylic acids is 1. The van der Waals surface area contributed by atoms with Gasteiger partial charge in [0.25, 0.3) is 0 Å². The topological polar surface area (TPSA) is 63.1 Å². The molecule has 6 heteroatoms. The lowest BCUT2D eigenvalue weighted by Crippen LogP contribution is -1.99. The molecule has 1 heterocycles. The summed E-state index contributed by atoms with van der Waals surface area (Å²) in [6.07, 6.45) is 0. The lowest BCUT2D eigenvalue weighted by molar-refractivity contribution is 0.0697. The summed E-state index contributed by atoms with van der Waals surface area (Å²) >= 11 is 0. The molecule has 0 saturated carbocycles. The van der Waals surface area contributed by atoms with Gasteiger partial charge in [-0.2, -0.15) is 0 Å². The Labute approximate surface area is 152 Å². The zero-order valence-corrected chi connectivity index (χ0v) is 13.9. The second-order valence-electron chi connectivity index (χ2n) is 5.95. The summed E-state index contributed by atoms with van der Waals surface area (Å²) in [5, 5.41) is 9.19. The molecule has 0 spiro atoms. The van der Waals surface area contributed by atoms with Gasteiger partial charge < -0.3 is 5.11 Å². The second-order valence-corrected chi connectivity index (χ2v) is 5.95. The van der Waals surface area contributed by atoms with E-state index in [1.54, 1.807) is 30.3 Å². The number of aromatic nitrogens is 2. The second kappa shape index (κ2) is 6.57. The third-order valence-electron chi connectivity index (χ3n) is 4.11. The molecule has 0 saturated heterocycles. The smallest absolute Gasteiger partial charge is 0.335 e. The number of fused-ring (bicyclic) bond motifs is 1. The summed E-state index contributed by atoms with van der Waals surface area (Å²) in [6, 6.07) is 16.1. The fourth-order valence-corrected chi connectivity index (χ4v) is 2.86. The molecule has 0 aliphatic rings. The van der Waals surface area contributed by atoms with Crippen LogP contribution in [0.3, 0.4) is 0 Å². The van der Waals surface area contributed by atoms with Crippen LogP contribution in [0, 0.1) is 11.6 Å². The van der Waals surface area contributed by atoms with E-state index in [0.717, 1.165) is 0 Å². The highest BCUT2D eigenvalue weighted by atomic mass is 19.1. The van der Waals surface area contributed by atoms with Crippen LogP contribution in [-0.4, -0.2) is 21.0 Å². The predicted molar refractivity (Wildman–Crippen MR) is 97.3 cm³/mol.